The lowest BCUT2D eigenvalue weighted by molar-refractivity contribution is -0.139. The summed E-state index contributed by atoms with van der Waals surface area (Å²) in [7, 11) is 0. The van der Waals surface area contributed by atoms with Crippen molar-refractivity contribution in [1.29, 1.82) is 5.26 Å². The third-order valence-electron chi connectivity index (χ3n) is 3.97. The molecule has 2 aliphatic heterocycles. The zero-order valence-electron chi connectivity index (χ0n) is 10.7. The number of carboxylic acids is 1. The molecule has 2 atom stereocenters. The number of hydrogen-bond acceptors (Lipinski definition) is 4. The van der Waals surface area contributed by atoms with E-state index >= 15 is 0 Å². The summed E-state index contributed by atoms with van der Waals surface area (Å²) in [4.78, 5) is 24.9. The monoisotopic (exact) mass is 282 g/mol. The lowest BCUT2D eigenvalue weighted by Gasteiger charge is -2.38. The van der Waals surface area contributed by atoms with Gasteiger partial charge in [0.2, 0.25) is 5.91 Å². The smallest absolute Gasteiger partial charge is 0.303 e. The normalized spacial score (nSPS) is 29.0. The molecule has 0 aromatic carbocycles. The molecule has 2 bridgehead atoms. The number of thioether (sulfide) groups is 1. The minimum absolute atomic E-state index is 0.113. The van der Waals surface area contributed by atoms with Gasteiger partial charge in [-0.3, -0.25) is 9.59 Å². The van der Waals surface area contributed by atoms with E-state index in [0.29, 0.717) is 11.5 Å². The van der Waals surface area contributed by atoms with Gasteiger partial charge in [-0.15, -0.1) is 11.8 Å². The van der Waals surface area contributed by atoms with Crippen molar-refractivity contribution in [1.82, 2.24) is 4.90 Å². The third-order valence-corrected chi connectivity index (χ3v) is 4.76. The molecular weight excluding hydrogens is 264 g/mol. The van der Waals surface area contributed by atoms with Crippen LogP contribution in [0.5, 0.6) is 0 Å². The Kier molecular flexibility index (Phi) is 4.70. The van der Waals surface area contributed by atoms with Crippen molar-refractivity contribution in [3.8, 4) is 6.07 Å². The molecule has 104 valence electrons. The van der Waals surface area contributed by atoms with Crippen LogP contribution in [-0.2, 0) is 9.59 Å². The molecule has 0 aromatic rings. The number of nitrogens with zero attached hydrogens (tertiary/aromatic N) is 2. The van der Waals surface area contributed by atoms with Gasteiger partial charge in [-0.05, 0) is 31.6 Å². The highest BCUT2D eigenvalue weighted by molar-refractivity contribution is 8.00. The van der Waals surface area contributed by atoms with Crippen LogP contribution in [0.2, 0.25) is 0 Å². The summed E-state index contributed by atoms with van der Waals surface area (Å²) in [6, 6.07) is 2.46. The maximum atomic E-state index is 12.1. The molecule has 2 unspecified atom stereocenters. The van der Waals surface area contributed by atoms with Crippen molar-refractivity contribution in [3.63, 3.8) is 0 Å². The third kappa shape index (κ3) is 3.41. The number of carbonyl (C=O) groups is 2. The van der Waals surface area contributed by atoms with Crippen LogP contribution in [-0.4, -0.2) is 45.5 Å². The molecule has 1 amide bonds. The quantitative estimate of drug-likeness (QED) is 0.773. The highest BCUT2D eigenvalue weighted by Crippen LogP contribution is 2.40. The Morgan fingerprint density at radius 2 is 1.95 bits per heavy atom. The first kappa shape index (κ1) is 14.2. The van der Waals surface area contributed by atoms with Crippen LogP contribution in [0.25, 0.3) is 0 Å². The van der Waals surface area contributed by atoms with Crippen molar-refractivity contribution in [3.05, 3.63) is 0 Å². The average molecular weight is 282 g/mol. The van der Waals surface area contributed by atoms with Gasteiger partial charge >= 0.3 is 5.97 Å². The zero-order valence-corrected chi connectivity index (χ0v) is 11.6. The van der Waals surface area contributed by atoms with Gasteiger partial charge in [-0.2, -0.15) is 5.26 Å². The Morgan fingerprint density at radius 3 is 2.47 bits per heavy atom. The maximum Gasteiger partial charge on any atom is 0.303 e. The lowest BCUT2D eigenvalue weighted by atomic mass is 9.88. The lowest BCUT2D eigenvalue weighted by Crippen LogP contribution is -2.47. The molecule has 19 heavy (non-hydrogen) atoms. The summed E-state index contributed by atoms with van der Waals surface area (Å²) in [5.41, 5.74) is 0. The van der Waals surface area contributed by atoms with E-state index in [2.05, 4.69) is 0 Å². The molecule has 1 N–H and O–H groups in total. The molecule has 0 spiro atoms. The van der Waals surface area contributed by atoms with Crippen LogP contribution in [0.15, 0.2) is 0 Å². The molecule has 2 fully saturated rings. The van der Waals surface area contributed by atoms with Gasteiger partial charge in [-0.25, -0.2) is 0 Å². The first-order valence-corrected chi connectivity index (χ1v) is 7.75. The zero-order chi connectivity index (χ0) is 13.8. The van der Waals surface area contributed by atoms with Gasteiger partial charge in [0.25, 0.3) is 0 Å². The van der Waals surface area contributed by atoms with Crippen molar-refractivity contribution in [2.45, 2.75) is 44.2 Å². The number of amides is 1. The summed E-state index contributed by atoms with van der Waals surface area (Å²) < 4.78 is 0. The second kappa shape index (κ2) is 6.29. The number of nitriles is 1. The maximum absolute atomic E-state index is 12.1. The van der Waals surface area contributed by atoms with E-state index in [9.17, 15) is 9.59 Å². The second-order valence-corrected chi connectivity index (χ2v) is 6.26. The molecule has 0 aromatic heterocycles. The summed E-state index contributed by atoms with van der Waals surface area (Å²) in [5.74, 6) is 0.293. The number of fused-ring (bicyclic) bond motifs is 2. The number of rotatable bonds is 5. The molecule has 0 radical (unpaired) electrons. The largest absolute Gasteiger partial charge is 0.481 e. The van der Waals surface area contributed by atoms with E-state index in [0.717, 1.165) is 25.7 Å². The fourth-order valence-corrected chi connectivity index (χ4v) is 3.89. The number of hydrogen-bond donors (Lipinski definition) is 1. The number of piperidine rings is 1. The van der Waals surface area contributed by atoms with Crippen LogP contribution in [0.3, 0.4) is 0 Å². The number of aliphatic carboxylic acids is 1. The first-order chi connectivity index (χ1) is 9.11. The second-order valence-electron chi connectivity index (χ2n) is 5.27. The summed E-state index contributed by atoms with van der Waals surface area (Å²) in [6.45, 7) is 0. The first-order valence-electron chi connectivity index (χ1n) is 6.59. The van der Waals surface area contributed by atoms with Crippen LogP contribution >= 0.6 is 11.8 Å². The fourth-order valence-electron chi connectivity index (χ4n) is 3.37. The fraction of sp³-hybridized carbons (Fsp3) is 0.769. The standard InChI is InChI=1S/C13H18N2O3S/c14-3-4-19-8-12(16)15-10-1-2-11(15)6-9(5-10)7-13(17)18/h9-11H,1-2,4-8H2,(H,17,18). The molecule has 0 saturated carbocycles. The van der Waals surface area contributed by atoms with Crippen LogP contribution in [0.1, 0.15) is 32.1 Å². The summed E-state index contributed by atoms with van der Waals surface area (Å²) in [6.07, 6.45) is 3.85. The minimum Gasteiger partial charge on any atom is -0.481 e. The molecule has 6 heteroatoms. The molecular formula is C13H18N2O3S. The van der Waals surface area contributed by atoms with Crippen LogP contribution in [0, 0.1) is 17.2 Å². The highest BCUT2D eigenvalue weighted by atomic mass is 32.2. The Hall–Kier alpha value is -1.22. The molecule has 0 aliphatic carbocycles. The summed E-state index contributed by atoms with van der Waals surface area (Å²) >= 11 is 1.35. The van der Waals surface area contributed by atoms with E-state index in [-0.39, 0.29) is 30.3 Å². The van der Waals surface area contributed by atoms with E-state index in [1.165, 1.54) is 11.8 Å². The topological polar surface area (TPSA) is 81.4 Å². The minimum atomic E-state index is -0.742. The van der Waals surface area contributed by atoms with Crippen molar-refractivity contribution in [2.24, 2.45) is 5.92 Å². The molecule has 2 rings (SSSR count). The molecule has 2 heterocycles. The van der Waals surface area contributed by atoms with Gasteiger partial charge < -0.3 is 10.0 Å². The van der Waals surface area contributed by atoms with E-state index in [1.54, 1.807) is 0 Å². The molecule has 5 nitrogen and oxygen atoms in total. The average Bonchev–Trinajstić information content (AvgIpc) is 2.61. The van der Waals surface area contributed by atoms with Gasteiger partial charge in [0, 0.05) is 18.5 Å². The van der Waals surface area contributed by atoms with Crippen molar-refractivity contribution >= 4 is 23.6 Å². The van der Waals surface area contributed by atoms with Gasteiger partial charge in [0.1, 0.15) is 0 Å². The Morgan fingerprint density at radius 1 is 1.32 bits per heavy atom. The van der Waals surface area contributed by atoms with Crippen molar-refractivity contribution in [2.75, 3.05) is 11.5 Å². The van der Waals surface area contributed by atoms with Gasteiger partial charge in [0.15, 0.2) is 0 Å². The van der Waals surface area contributed by atoms with Crippen molar-refractivity contribution < 1.29 is 14.7 Å². The molecule has 2 aliphatic rings. The molecule has 2 saturated heterocycles. The Bertz CT molecular complexity index is 393. The Labute approximate surface area is 116 Å². The van der Waals surface area contributed by atoms with Crippen LogP contribution < -0.4 is 0 Å². The summed E-state index contributed by atoms with van der Waals surface area (Å²) in [5, 5.41) is 17.3. The number of carboxylic acid groups (broad SMARTS) is 1. The van der Waals surface area contributed by atoms with E-state index in [4.69, 9.17) is 10.4 Å². The van der Waals surface area contributed by atoms with E-state index in [1.807, 2.05) is 11.0 Å². The van der Waals surface area contributed by atoms with Gasteiger partial charge in [0.05, 0.1) is 17.6 Å². The Balaban J connectivity index is 1.90. The highest BCUT2D eigenvalue weighted by Gasteiger charge is 2.43. The SMILES string of the molecule is N#CCSCC(=O)N1C2CCC1CC(CC(=O)O)C2. The number of carbonyl (C=O) groups excluding carboxylic acids is 1. The van der Waals surface area contributed by atoms with Crippen LogP contribution in [0.4, 0.5) is 0 Å². The van der Waals surface area contributed by atoms with E-state index < -0.39 is 5.97 Å². The van der Waals surface area contributed by atoms with Gasteiger partial charge in [-0.1, -0.05) is 0 Å². The predicted octanol–water partition coefficient (Wildman–Crippen LogP) is 1.49. The predicted molar refractivity (Wildman–Crippen MR) is 71.6 cm³/mol.